The van der Waals surface area contributed by atoms with E-state index < -0.39 is 0 Å². The van der Waals surface area contributed by atoms with Gasteiger partial charge >= 0.3 is 0 Å². The summed E-state index contributed by atoms with van der Waals surface area (Å²) in [6, 6.07) is 20.6. The Hall–Kier alpha value is -2.72. The molecule has 3 aromatic carbocycles. The van der Waals surface area contributed by atoms with E-state index in [1.165, 1.54) is 17.5 Å². The predicted molar refractivity (Wildman–Crippen MR) is 103 cm³/mol. The fraction of sp³-hybridized carbons (Fsp3) is 0.227. The topological polar surface area (TPSA) is 32.3 Å². The van der Waals surface area contributed by atoms with Crippen molar-refractivity contribution in [3.8, 4) is 0 Å². The van der Waals surface area contributed by atoms with Crippen LogP contribution < -0.4 is 5.32 Å². The maximum atomic E-state index is 13.0. The highest BCUT2D eigenvalue weighted by Crippen LogP contribution is 2.23. The van der Waals surface area contributed by atoms with E-state index in [1.54, 1.807) is 12.1 Å². The molecule has 4 heteroatoms. The van der Waals surface area contributed by atoms with Crippen LogP contribution in [-0.2, 0) is 11.3 Å². The predicted octanol–water partition coefficient (Wildman–Crippen LogP) is 4.29. The fourth-order valence-corrected chi connectivity index (χ4v) is 3.20. The Balaban J connectivity index is 1.61. The van der Waals surface area contributed by atoms with Gasteiger partial charge in [0, 0.05) is 6.54 Å². The molecule has 3 nitrogen and oxygen atoms in total. The van der Waals surface area contributed by atoms with Crippen molar-refractivity contribution in [3.63, 3.8) is 0 Å². The summed E-state index contributed by atoms with van der Waals surface area (Å²) in [6.45, 7) is 2.88. The van der Waals surface area contributed by atoms with Crippen molar-refractivity contribution in [2.45, 2.75) is 19.5 Å². The molecule has 0 saturated heterocycles. The van der Waals surface area contributed by atoms with Crippen LogP contribution in [0.5, 0.6) is 0 Å². The van der Waals surface area contributed by atoms with Gasteiger partial charge in [0.1, 0.15) is 5.82 Å². The van der Waals surface area contributed by atoms with Gasteiger partial charge in [-0.15, -0.1) is 0 Å². The van der Waals surface area contributed by atoms with Crippen LogP contribution in [0, 0.1) is 5.82 Å². The molecule has 1 N–H and O–H groups in total. The van der Waals surface area contributed by atoms with Crippen molar-refractivity contribution >= 4 is 16.7 Å². The fourth-order valence-electron chi connectivity index (χ4n) is 3.20. The van der Waals surface area contributed by atoms with Gasteiger partial charge in [0.25, 0.3) is 0 Å². The largest absolute Gasteiger partial charge is 0.348 e. The highest BCUT2D eigenvalue weighted by atomic mass is 19.1. The van der Waals surface area contributed by atoms with Crippen molar-refractivity contribution < 1.29 is 9.18 Å². The number of halogens is 1. The second-order valence-corrected chi connectivity index (χ2v) is 6.66. The first kappa shape index (κ1) is 18.1. The van der Waals surface area contributed by atoms with E-state index in [-0.39, 0.29) is 24.3 Å². The summed E-state index contributed by atoms with van der Waals surface area (Å²) in [7, 11) is 1.88. The molecule has 26 heavy (non-hydrogen) atoms. The molecule has 1 unspecified atom stereocenters. The van der Waals surface area contributed by atoms with E-state index in [4.69, 9.17) is 0 Å². The normalized spacial score (nSPS) is 12.3. The van der Waals surface area contributed by atoms with Gasteiger partial charge in [-0.2, -0.15) is 0 Å². The summed E-state index contributed by atoms with van der Waals surface area (Å²) >= 11 is 0. The van der Waals surface area contributed by atoms with Gasteiger partial charge in [-0.25, -0.2) is 4.39 Å². The van der Waals surface area contributed by atoms with Crippen molar-refractivity contribution in [2.75, 3.05) is 13.6 Å². The molecule has 0 heterocycles. The van der Waals surface area contributed by atoms with Gasteiger partial charge in [-0.05, 0) is 48.0 Å². The highest BCUT2D eigenvalue weighted by Gasteiger charge is 2.14. The first-order chi connectivity index (χ1) is 12.5. The van der Waals surface area contributed by atoms with Crippen LogP contribution in [0.15, 0.2) is 66.7 Å². The second-order valence-electron chi connectivity index (χ2n) is 6.66. The Morgan fingerprint density at radius 2 is 1.73 bits per heavy atom. The van der Waals surface area contributed by atoms with E-state index >= 15 is 0 Å². The number of nitrogens with zero attached hydrogens (tertiary/aromatic N) is 1. The molecule has 0 spiro atoms. The van der Waals surface area contributed by atoms with Gasteiger partial charge in [0.15, 0.2) is 0 Å². The molecule has 134 valence electrons. The minimum atomic E-state index is -0.252. The highest BCUT2D eigenvalue weighted by molar-refractivity contribution is 5.87. The molecule has 0 aliphatic rings. The SMILES string of the molecule is CC(NC(=O)CN(C)Cc1ccc(F)cc1)c1cccc2ccccc12. The van der Waals surface area contributed by atoms with Crippen molar-refractivity contribution in [1.82, 2.24) is 10.2 Å². The Morgan fingerprint density at radius 3 is 2.50 bits per heavy atom. The monoisotopic (exact) mass is 350 g/mol. The Morgan fingerprint density at radius 1 is 1.04 bits per heavy atom. The molecule has 0 aromatic heterocycles. The summed E-state index contributed by atoms with van der Waals surface area (Å²) in [5.74, 6) is -0.284. The van der Waals surface area contributed by atoms with Crippen LogP contribution in [0.25, 0.3) is 10.8 Å². The lowest BCUT2D eigenvalue weighted by Gasteiger charge is -2.20. The molecule has 0 saturated carbocycles. The quantitative estimate of drug-likeness (QED) is 0.719. The molecule has 0 fully saturated rings. The maximum Gasteiger partial charge on any atom is 0.234 e. The average Bonchev–Trinajstić information content (AvgIpc) is 2.63. The van der Waals surface area contributed by atoms with Gasteiger partial charge in [-0.3, -0.25) is 9.69 Å². The Bertz CT molecular complexity index is 887. The molecule has 0 aliphatic heterocycles. The minimum absolute atomic E-state index is 0.0324. The molecule has 0 bridgehead atoms. The van der Waals surface area contributed by atoms with Crippen LogP contribution in [0.2, 0.25) is 0 Å². The lowest BCUT2D eigenvalue weighted by Crippen LogP contribution is -2.36. The first-order valence-electron chi connectivity index (χ1n) is 8.73. The van der Waals surface area contributed by atoms with E-state index in [1.807, 2.05) is 37.1 Å². The summed E-state index contributed by atoms with van der Waals surface area (Å²) in [5.41, 5.74) is 2.08. The number of rotatable bonds is 6. The molecule has 3 rings (SSSR count). The van der Waals surface area contributed by atoms with Crippen LogP contribution in [0.3, 0.4) is 0 Å². The maximum absolute atomic E-state index is 13.0. The van der Waals surface area contributed by atoms with Gasteiger partial charge in [0.05, 0.1) is 12.6 Å². The molecular weight excluding hydrogens is 327 g/mol. The first-order valence-corrected chi connectivity index (χ1v) is 8.73. The van der Waals surface area contributed by atoms with E-state index in [0.29, 0.717) is 6.54 Å². The lowest BCUT2D eigenvalue weighted by atomic mass is 10.00. The number of nitrogens with one attached hydrogen (secondary N) is 1. The third-order valence-electron chi connectivity index (χ3n) is 4.45. The van der Waals surface area contributed by atoms with Gasteiger partial charge < -0.3 is 5.32 Å². The number of fused-ring (bicyclic) bond motifs is 1. The van der Waals surface area contributed by atoms with Crippen LogP contribution >= 0.6 is 0 Å². The number of hydrogen-bond acceptors (Lipinski definition) is 2. The number of hydrogen-bond donors (Lipinski definition) is 1. The molecule has 0 radical (unpaired) electrons. The standard InChI is InChI=1S/C22H23FN2O/c1-16(20-9-5-7-18-6-3-4-8-21(18)20)24-22(26)15-25(2)14-17-10-12-19(23)13-11-17/h3-13,16H,14-15H2,1-2H3,(H,24,26). The van der Waals surface area contributed by atoms with Gasteiger partial charge in [0.2, 0.25) is 5.91 Å². The third kappa shape index (κ3) is 4.46. The molecule has 3 aromatic rings. The molecule has 0 aliphatic carbocycles. The summed E-state index contributed by atoms with van der Waals surface area (Å²) < 4.78 is 13.0. The molecular formula is C22H23FN2O. The number of likely N-dealkylation sites (N-methyl/N-ethyl adjacent to an activating group) is 1. The van der Waals surface area contributed by atoms with Crippen molar-refractivity contribution in [1.29, 1.82) is 0 Å². The number of amides is 1. The minimum Gasteiger partial charge on any atom is -0.348 e. The zero-order chi connectivity index (χ0) is 18.5. The zero-order valence-electron chi connectivity index (χ0n) is 15.1. The summed E-state index contributed by atoms with van der Waals surface area (Å²) in [5, 5.41) is 5.39. The second kappa shape index (κ2) is 8.11. The third-order valence-corrected chi connectivity index (χ3v) is 4.45. The van der Waals surface area contributed by atoms with Gasteiger partial charge in [-0.1, -0.05) is 54.6 Å². The Kier molecular flexibility index (Phi) is 5.64. The van der Waals surface area contributed by atoms with Crippen LogP contribution in [-0.4, -0.2) is 24.4 Å². The van der Waals surface area contributed by atoms with E-state index in [0.717, 1.165) is 16.5 Å². The number of carbonyl (C=O) groups is 1. The zero-order valence-corrected chi connectivity index (χ0v) is 15.1. The number of carbonyl (C=O) groups excluding carboxylic acids is 1. The van der Waals surface area contributed by atoms with E-state index in [2.05, 4.69) is 29.6 Å². The summed E-state index contributed by atoms with van der Waals surface area (Å²) in [4.78, 5) is 14.3. The van der Waals surface area contributed by atoms with Crippen molar-refractivity contribution in [2.24, 2.45) is 0 Å². The lowest BCUT2D eigenvalue weighted by molar-refractivity contribution is -0.122. The van der Waals surface area contributed by atoms with E-state index in [9.17, 15) is 9.18 Å². The summed E-state index contributed by atoms with van der Waals surface area (Å²) in [6.07, 6.45) is 0. The average molecular weight is 350 g/mol. The van der Waals surface area contributed by atoms with Crippen molar-refractivity contribution in [3.05, 3.63) is 83.7 Å². The van der Waals surface area contributed by atoms with Crippen LogP contribution in [0.1, 0.15) is 24.1 Å². The van der Waals surface area contributed by atoms with Crippen LogP contribution in [0.4, 0.5) is 4.39 Å². The molecule has 1 atom stereocenters. The Labute approximate surface area is 153 Å². The molecule has 1 amide bonds. The number of benzene rings is 3. The smallest absolute Gasteiger partial charge is 0.234 e.